The smallest absolute Gasteiger partial charge is 0.410 e. The third-order valence-corrected chi connectivity index (χ3v) is 4.63. The van der Waals surface area contributed by atoms with Crippen molar-refractivity contribution in [2.75, 3.05) is 13.1 Å². The van der Waals surface area contributed by atoms with Gasteiger partial charge in [-0.25, -0.2) is 4.79 Å². The number of halogens is 1. The van der Waals surface area contributed by atoms with Crippen molar-refractivity contribution in [1.29, 1.82) is 0 Å². The monoisotopic (exact) mass is 340 g/mol. The second-order valence-electron chi connectivity index (χ2n) is 7.42. The molecule has 1 aliphatic heterocycles. The van der Waals surface area contributed by atoms with Crippen LogP contribution in [0.5, 0.6) is 0 Å². The quantitative estimate of drug-likeness (QED) is 0.889. The maximum absolute atomic E-state index is 12.1. The Balaban J connectivity index is 2.02. The zero-order valence-corrected chi connectivity index (χ0v) is 14.9. The van der Waals surface area contributed by atoms with Crippen LogP contribution in [0.2, 0.25) is 5.02 Å². The Morgan fingerprint density at radius 3 is 2.57 bits per heavy atom. The average Bonchev–Trinajstić information content (AvgIpc) is 2.46. The lowest BCUT2D eigenvalue weighted by Gasteiger charge is -2.42. The normalized spacial score (nSPS) is 19.3. The van der Waals surface area contributed by atoms with E-state index < -0.39 is 11.7 Å². The Labute approximate surface area is 142 Å². The lowest BCUT2D eigenvalue weighted by molar-refractivity contribution is -0.0257. The van der Waals surface area contributed by atoms with Crippen molar-refractivity contribution in [1.82, 2.24) is 9.88 Å². The number of carbonyl (C=O) groups is 1. The summed E-state index contributed by atoms with van der Waals surface area (Å²) in [6, 6.07) is 1.75. The molecule has 0 aromatic carbocycles. The molecule has 2 heterocycles. The van der Waals surface area contributed by atoms with Crippen LogP contribution >= 0.6 is 11.6 Å². The first-order chi connectivity index (χ1) is 10.6. The second kappa shape index (κ2) is 6.65. The predicted octanol–water partition coefficient (Wildman–Crippen LogP) is 3.81. The van der Waals surface area contributed by atoms with E-state index in [0.29, 0.717) is 36.5 Å². The summed E-state index contributed by atoms with van der Waals surface area (Å²) in [6.07, 6.45) is 3.57. The first-order valence-corrected chi connectivity index (χ1v) is 8.26. The Bertz CT molecular complexity index is 563. The number of hydrogen-bond donors (Lipinski definition) is 1. The third-order valence-electron chi connectivity index (χ3n) is 4.32. The molecular weight excluding hydrogens is 316 g/mol. The molecule has 1 fully saturated rings. The van der Waals surface area contributed by atoms with Gasteiger partial charge in [-0.15, -0.1) is 0 Å². The molecule has 5 nitrogen and oxygen atoms in total. The number of nitrogens with zero attached hydrogens (tertiary/aromatic N) is 2. The first kappa shape index (κ1) is 18.0. The maximum atomic E-state index is 12.1. The van der Waals surface area contributed by atoms with Gasteiger partial charge in [-0.3, -0.25) is 4.98 Å². The molecule has 2 rings (SSSR count). The summed E-state index contributed by atoms with van der Waals surface area (Å²) in [5.41, 5.74) is -0.138. The molecule has 0 bridgehead atoms. The molecular formula is C17H25ClN2O3. The maximum Gasteiger partial charge on any atom is 0.410 e. The van der Waals surface area contributed by atoms with Crippen molar-refractivity contribution in [2.24, 2.45) is 5.41 Å². The van der Waals surface area contributed by atoms with Crippen LogP contribution in [-0.4, -0.2) is 39.8 Å². The number of pyridine rings is 1. The highest BCUT2D eigenvalue weighted by atomic mass is 35.5. The van der Waals surface area contributed by atoms with Gasteiger partial charge in [0.15, 0.2) is 0 Å². The van der Waals surface area contributed by atoms with Gasteiger partial charge in [-0.1, -0.05) is 18.5 Å². The number of likely N-dealkylation sites (tertiary alicyclic amines) is 1. The van der Waals surface area contributed by atoms with E-state index in [2.05, 4.69) is 4.98 Å². The van der Waals surface area contributed by atoms with Crippen molar-refractivity contribution in [3.63, 3.8) is 0 Å². The topological polar surface area (TPSA) is 62.7 Å². The molecule has 1 aromatic heterocycles. The van der Waals surface area contributed by atoms with Crippen LogP contribution in [-0.2, 0) is 4.74 Å². The van der Waals surface area contributed by atoms with E-state index in [1.807, 2.05) is 27.7 Å². The Kier molecular flexibility index (Phi) is 5.21. The van der Waals surface area contributed by atoms with Gasteiger partial charge in [0.2, 0.25) is 0 Å². The highest BCUT2D eigenvalue weighted by Gasteiger charge is 2.40. The van der Waals surface area contributed by atoms with Gasteiger partial charge in [0.05, 0.1) is 11.1 Å². The summed E-state index contributed by atoms with van der Waals surface area (Å²) in [7, 11) is 0. The van der Waals surface area contributed by atoms with Crippen LogP contribution in [0.25, 0.3) is 0 Å². The van der Waals surface area contributed by atoms with Crippen LogP contribution < -0.4 is 0 Å². The van der Waals surface area contributed by atoms with E-state index in [4.69, 9.17) is 16.3 Å². The molecule has 1 saturated heterocycles. The van der Waals surface area contributed by atoms with Gasteiger partial charge >= 0.3 is 6.09 Å². The van der Waals surface area contributed by atoms with E-state index in [1.54, 1.807) is 23.4 Å². The van der Waals surface area contributed by atoms with Crippen molar-refractivity contribution in [3.8, 4) is 0 Å². The van der Waals surface area contributed by atoms with Crippen molar-refractivity contribution in [3.05, 3.63) is 29.0 Å². The Morgan fingerprint density at radius 1 is 1.43 bits per heavy atom. The molecule has 1 aliphatic rings. The van der Waals surface area contributed by atoms with E-state index in [-0.39, 0.29) is 11.5 Å². The van der Waals surface area contributed by atoms with E-state index >= 15 is 0 Å². The number of ether oxygens (including phenoxy) is 1. The van der Waals surface area contributed by atoms with Gasteiger partial charge in [0.25, 0.3) is 0 Å². The van der Waals surface area contributed by atoms with Crippen LogP contribution in [0.3, 0.4) is 0 Å². The summed E-state index contributed by atoms with van der Waals surface area (Å²) < 4.78 is 5.40. The number of piperidine rings is 1. The van der Waals surface area contributed by atoms with Crippen LogP contribution in [0.4, 0.5) is 4.79 Å². The fourth-order valence-corrected chi connectivity index (χ4v) is 3.01. The molecule has 1 unspecified atom stereocenters. The largest absolute Gasteiger partial charge is 0.444 e. The van der Waals surface area contributed by atoms with Crippen molar-refractivity contribution >= 4 is 17.7 Å². The molecule has 1 amide bonds. The number of carbonyl (C=O) groups excluding carboxylic acids is 1. The number of rotatable bonds is 2. The lowest BCUT2D eigenvalue weighted by atomic mass is 9.73. The second-order valence-corrected chi connectivity index (χ2v) is 7.83. The number of hydrogen-bond acceptors (Lipinski definition) is 4. The van der Waals surface area contributed by atoms with E-state index in [0.717, 1.165) is 0 Å². The molecule has 0 spiro atoms. The molecule has 0 radical (unpaired) electrons. The van der Waals surface area contributed by atoms with E-state index in [9.17, 15) is 9.90 Å². The van der Waals surface area contributed by atoms with Gasteiger partial charge in [-0.05, 0) is 39.7 Å². The summed E-state index contributed by atoms with van der Waals surface area (Å²) in [4.78, 5) is 17.8. The number of aliphatic hydroxyl groups excluding tert-OH is 1. The minimum atomic E-state index is -0.682. The van der Waals surface area contributed by atoms with E-state index in [1.165, 1.54) is 0 Å². The minimum absolute atomic E-state index is 0.295. The molecule has 1 N–H and O–H groups in total. The van der Waals surface area contributed by atoms with Crippen LogP contribution in [0, 0.1) is 5.41 Å². The summed E-state index contributed by atoms with van der Waals surface area (Å²) in [5.74, 6) is 0. The molecule has 0 aliphatic carbocycles. The van der Waals surface area contributed by atoms with Crippen molar-refractivity contribution in [2.45, 2.75) is 52.2 Å². The van der Waals surface area contributed by atoms with Crippen LogP contribution in [0.15, 0.2) is 18.5 Å². The molecule has 23 heavy (non-hydrogen) atoms. The summed E-state index contributed by atoms with van der Waals surface area (Å²) in [6.45, 7) is 8.72. The number of aliphatic hydroxyl groups is 1. The fourth-order valence-electron chi connectivity index (χ4n) is 2.78. The predicted molar refractivity (Wildman–Crippen MR) is 89.4 cm³/mol. The minimum Gasteiger partial charge on any atom is -0.444 e. The van der Waals surface area contributed by atoms with Gasteiger partial charge in [0.1, 0.15) is 5.60 Å². The highest BCUT2D eigenvalue weighted by molar-refractivity contribution is 6.31. The molecule has 1 atom stereocenters. The van der Waals surface area contributed by atoms with Crippen molar-refractivity contribution < 1.29 is 14.6 Å². The standard InChI is InChI=1S/C17H25ClN2O3/c1-16(2,3)23-15(22)20-9-6-17(4,7-10-20)14(21)12-5-8-19-11-13(12)18/h5,8,11,14,21H,6-7,9-10H2,1-4H3. The summed E-state index contributed by atoms with van der Waals surface area (Å²) in [5, 5.41) is 11.2. The Hall–Kier alpha value is -1.33. The average molecular weight is 341 g/mol. The van der Waals surface area contributed by atoms with Gasteiger partial charge in [-0.2, -0.15) is 0 Å². The lowest BCUT2D eigenvalue weighted by Crippen LogP contribution is -2.46. The number of amides is 1. The zero-order valence-electron chi connectivity index (χ0n) is 14.2. The first-order valence-electron chi connectivity index (χ1n) is 7.88. The SMILES string of the molecule is CC(C)(C)OC(=O)N1CCC(C)(C(O)c2ccncc2Cl)CC1. The fraction of sp³-hybridized carbons (Fsp3) is 0.647. The molecule has 1 aromatic rings. The van der Waals surface area contributed by atoms with Gasteiger partial charge in [0, 0.05) is 36.5 Å². The molecule has 6 heteroatoms. The highest BCUT2D eigenvalue weighted by Crippen LogP contribution is 2.44. The number of aromatic nitrogens is 1. The summed E-state index contributed by atoms with van der Waals surface area (Å²) >= 11 is 6.15. The zero-order chi connectivity index (χ0) is 17.3. The van der Waals surface area contributed by atoms with Gasteiger partial charge < -0.3 is 14.7 Å². The third kappa shape index (κ3) is 4.36. The molecule has 0 saturated carbocycles. The Morgan fingerprint density at radius 2 is 2.04 bits per heavy atom. The molecule has 128 valence electrons. The van der Waals surface area contributed by atoms with Crippen LogP contribution in [0.1, 0.15) is 52.2 Å².